The number of rotatable bonds is 0. The Morgan fingerprint density at radius 2 is 2.00 bits per heavy atom. The highest BCUT2D eigenvalue weighted by molar-refractivity contribution is 5.43. The molecule has 0 unspecified atom stereocenters. The van der Waals surface area contributed by atoms with Crippen molar-refractivity contribution >= 4 is 0 Å². The molecule has 0 aromatic carbocycles. The maximum absolute atomic E-state index is 3.26. The van der Waals surface area contributed by atoms with Crippen molar-refractivity contribution in [2.24, 2.45) is 0 Å². The van der Waals surface area contributed by atoms with E-state index in [1.54, 1.807) is 0 Å². The molecule has 0 fully saturated rings. The third kappa shape index (κ3) is 1.27. The molecule has 11 heavy (non-hydrogen) atoms. The van der Waals surface area contributed by atoms with Crippen LogP contribution >= 0.6 is 0 Å². The van der Waals surface area contributed by atoms with E-state index >= 15 is 0 Å². The summed E-state index contributed by atoms with van der Waals surface area (Å²) in [6, 6.07) is 0. The predicted molar refractivity (Wildman–Crippen MR) is 46.8 cm³/mol. The lowest BCUT2D eigenvalue weighted by molar-refractivity contribution is 0.831. The molecule has 1 heteroatoms. The van der Waals surface area contributed by atoms with Crippen LogP contribution in [0.25, 0.3) is 0 Å². The van der Waals surface area contributed by atoms with Crippen LogP contribution in [-0.4, -0.2) is 0 Å². The van der Waals surface area contributed by atoms with Gasteiger partial charge in [-0.15, -0.1) is 0 Å². The van der Waals surface area contributed by atoms with Crippen molar-refractivity contribution in [3.05, 3.63) is 47.9 Å². The highest BCUT2D eigenvalue weighted by atomic mass is 14.9. The molecule has 2 aliphatic rings. The third-order valence-corrected chi connectivity index (χ3v) is 1.95. The number of hydrogen-bond donors (Lipinski definition) is 1. The van der Waals surface area contributed by atoms with Crippen molar-refractivity contribution in [2.45, 2.75) is 12.8 Å². The average molecular weight is 145 g/mol. The summed E-state index contributed by atoms with van der Waals surface area (Å²) in [6.45, 7) is 0. The molecule has 0 aromatic heterocycles. The molecule has 0 radical (unpaired) electrons. The summed E-state index contributed by atoms with van der Waals surface area (Å²) in [6.07, 6.45) is 14.9. The molecule has 0 spiro atoms. The Morgan fingerprint density at radius 1 is 1.18 bits per heavy atom. The lowest BCUT2D eigenvalue weighted by atomic mass is 10.1. The minimum absolute atomic E-state index is 1.14. The van der Waals surface area contributed by atoms with Crippen molar-refractivity contribution in [1.29, 1.82) is 0 Å². The Balaban J connectivity index is 2.25. The van der Waals surface area contributed by atoms with Crippen molar-refractivity contribution in [1.82, 2.24) is 5.32 Å². The van der Waals surface area contributed by atoms with Crippen molar-refractivity contribution in [3.8, 4) is 0 Å². The largest absolute Gasteiger partial charge is 0.365 e. The first-order chi connectivity index (χ1) is 5.47. The van der Waals surface area contributed by atoms with Crippen LogP contribution in [0.5, 0.6) is 0 Å². The topological polar surface area (TPSA) is 12.0 Å². The first-order valence-corrected chi connectivity index (χ1v) is 3.96. The van der Waals surface area contributed by atoms with E-state index in [0.717, 1.165) is 12.8 Å². The van der Waals surface area contributed by atoms with E-state index in [2.05, 4.69) is 35.7 Å². The fourth-order valence-corrected chi connectivity index (χ4v) is 1.35. The molecule has 0 saturated carbocycles. The lowest BCUT2D eigenvalue weighted by Crippen LogP contribution is -2.10. The highest BCUT2D eigenvalue weighted by Crippen LogP contribution is 2.17. The number of allylic oxidation sites excluding steroid dienone is 7. The van der Waals surface area contributed by atoms with E-state index in [-0.39, 0.29) is 0 Å². The molecule has 0 bridgehead atoms. The van der Waals surface area contributed by atoms with Crippen LogP contribution in [0, 0.1) is 0 Å². The van der Waals surface area contributed by atoms with Crippen LogP contribution in [0.1, 0.15) is 12.8 Å². The molecule has 0 atom stereocenters. The molecular formula is C10H11N. The summed E-state index contributed by atoms with van der Waals surface area (Å²) in [5, 5.41) is 3.26. The second kappa shape index (κ2) is 2.79. The van der Waals surface area contributed by atoms with Gasteiger partial charge in [0.2, 0.25) is 0 Å². The highest BCUT2D eigenvalue weighted by Gasteiger charge is 2.04. The zero-order chi connectivity index (χ0) is 7.52. The van der Waals surface area contributed by atoms with Gasteiger partial charge in [0, 0.05) is 5.70 Å². The molecule has 1 heterocycles. The zero-order valence-corrected chi connectivity index (χ0v) is 6.38. The summed E-state index contributed by atoms with van der Waals surface area (Å²) in [7, 11) is 0. The first-order valence-electron chi connectivity index (χ1n) is 3.96. The van der Waals surface area contributed by atoms with Crippen LogP contribution in [0.2, 0.25) is 0 Å². The van der Waals surface area contributed by atoms with Gasteiger partial charge in [-0.1, -0.05) is 30.4 Å². The quantitative estimate of drug-likeness (QED) is 0.551. The Morgan fingerprint density at radius 3 is 2.64 bits per heavy atom. The van der Waals surface area contributed by atoms with Crippen LogP contribution < -0.4 is 5.32 Å². The molecule has 1 N–H and O–H groups in total. The smallest absolute Gasteiger partial charge is 0.0223 e. The summed E-state index contributed by atoms with van der Waals surface area (Å²) >= 11 is 0. The van der Waals surface area contributed by atoms with Crippen LogP contribution in [0.15, 0.2) is 47.9 Å². The third-order valence-electron chi connectivity index (χ3n) is 1.95. The molecular weight excluding hydrogens is 134 g/mol. The molecule has 2 rings (SSSR count). The fraction of sp³-hybridized carbons (Fsp3) is 0.200. The van der Waals surface area contributed by atoms with Crippen molar-refractivity contribution in [3.63, 3.8) is 0 Å². The Kier molecular flexibility index (Phi) is 1.64. The van der Waals surface area contributed by atoms with E-state index in [1.165, 1.54) is 11.3 Å². The fourth-order valence-electron chi connectivity index (χ4n) is 1.35. The van der Waals surface area contributed by atoms with Gasteiger partial charge in [-0.3, -0.25) is 0 Å². The van der Waals surface area contributed by atoms with Gasteiger partial charge in [-0.05, 0) is 24.6 Å². The molecule has 56 valence electrons. The standard InChI is InChI=1S/C10H11N/c1-2-6-9(5-1)10-7-3-4-8-11-10/h1-2,4-6,8,11H,3,7H2. The SMILES string of the molecule is C1=CC(=C2CCC=CN2)C=C1. The van der Waals surface area contributed by atoms with Gasteiger partial charge in [0.1, 0.15) is 0 Å². The van der Waals surface area contributed by atoms with E-state index in [4.69, 9.17) is 0 Å². The summed E-state index contributed by atoms with van der Waals surface area (Å²) in [5.41, 5.74) is 2.67. The summed E-state index contributed by atoms with van der Waals surface area (Å²) in [5.74, 6) is 0. The van der Waals surface area contributed by atoms with E-state index in [9.17, 15) is 0 Å². The van der Waals surface area contributed by atoms with Gasteiger partial charge in [0.15, 0.2) is 0 Å². The number of hydrogen-bond acceptors (Lipinski definition) is 1. The van der Waals surface area contributed by atoms with Gasteiger partial charge in [0.05, 0.1) is 0 Å². The Hall–Kier alpha value is -1.24. The average Bonchev–Trinajstić information content (AvgIpc) is 2.58. The second-order valence-corrected chi connectivity index (χ2v) is 2.74. The molecule has 0 saturated heterocycles. The minimum atomic E-state index is 1.14. The van der Waals surface area contributed by atoms with E-state index in [0.29, 0.717) is 0 Å². The van der Waals surface area contributed by atoms with Crippen LogP contribution in [-0.2, 0) is 0 Å². The van der Waals surface area contributed by atoms with Gasteiger partial charge in [0.25, 0.3) is 0 Å². The maximum atomic E-state index is 3.26. The zero-order valence-electron chi connectivity index (χ0n) is 6.38. The predicted octanol–water partition coefficient (Wildman–Crippen LogP) is 2.26. The number of nitrogens with one attached hydrogen (secondary N) is 1. The monoisotopic (exact) mass is 145 g/mol. The molecule has 1 aliphatic heterocycles. The van der Waals surface area contributed by atoms with Crippen molar-refractivity contribution < 1.29 is 0 Å². The maximum Gasteiger partial charge on any atom is 0.0223 e. The van der Waals surface area contributed by atoms with Gasteiger partial charge >= 0.3 is 0 Å². The molecule has 1 aliphatic carbocycles. The van der Waals surface area contributed by atoms with Gasteiger partial charge < -0.3 is 5.32 Å². The summed E-state index contributed by atoms with van der Waals surface area (Å²) in [4.78, 5) is 0. The molecule has 0 aromatic rings. The van der Waals surface area contributed by atoms with Crippen molar-refractivity contribution in [2.75, 3.05) is 0 Å². The molecule has 1 nitrogen and oxygen atoms in total. The van der Waals surface area contributed by atoms with E-state index in [1.807, 2.05) is 6.20 Å². The van der Waals surface area contributed by atoms with Crippen LogP contribution in [0.3, 0.4) is 0 Å². The second-order valence-electron chi connectivity index (χ2n) is 2.74. The first kappa shape index (κ1) is 6.47. The van der Waals surface area contributed by atoms with Crippen LogP contribution in [0.4, 0.5) is 0 Å². The minimum Gasteiger partial charge on any atom is -0.365 e. The Labute approximate surface area is 66.8 Å². The summed E-state index contributed by atoms with van der Waals surface area (Å²) < 4.78 is 0. The van der Waals surface area contributed by atoms with Gasteiger partial charge in [-0.2, -0.15) is 0 Å². The van der Waals surface area contributed by atoms with Gasteiger partial charge in [-0.25, -0.2) is 0 Å². The Bertz CT molecular complexity index is 253. The lowest BCUT2D eigenvalue weighted by Gasteiger charge is -2.12. The van der Waals surface area contributed by atoms with E-state index < -0.39 is 0 Å². The molecule has 0 amide bonds. The normalized spacial score (nSPS) is 21.1.